The molecule has 0 radical (unpaired) electrons. The molecule has 2 rings (SSSR count). The number of benzene rings is 1. The summed E-state index contributed by atoms with van der Waals surface area (Å²) in [5, 5.41) is 3.58. The van der Waals surface area contributed by atoms with Crippen molar-refractivity contribution >= 4 is 15.9 Å². The van der Waals surface area contributed by atoms with Gasteiger partial charge in [-0.05, 0) is 48.4 Å². The topological polar surface area (TPSA) is 21.3 Å². The average molecular weight is 340 g/mol. The summed E-state index contributed by atoms with van der Waals surface area (Å²) in [5.74, 6) is 2.00. The molecular weight excluding hydrogens is 314 g/mol. The van der Waals surface area contributed by atoms with Crippen LogP contribution in [0.25, 0.3) is 0 Å². The van der Waals surface area contributed by atoms with E-state index in [0.29, 0.717) is 11.8 Å². The van der Waals surface area contributed by atoms with Crippen molar-refractivity contribution in [3.8, 4) is 5.75 Å². The summed E-state index contributed by atoms with van der Waals surface area (Å²) in [6, 6.07) is 7.05. The quantitative estimate of drug-likeness (QED) is 0.775. The second kappa shape index (κ2) is 6.95. The second-order valence-corrected chi connectivity index (χ2v) is 7.34. The molecule has 1 atom stereocenters. The largest absolute Gasteiger partial charge is 0.489 e. The highest BCUT2D eigenvalue weighted by Gasteiger charge is 2.24. The molecule has 0 spiro atoms. The lowest BCUT2D eigenvalue weighted by Gasteiger charge is -2.25. The number of hydrogen-bond donors (Lipinski definition) is 1. The molecular formula is C17H26BrNO. The molecule has 0 amide bonds. The van der Waals surface area contributed by atoms with Crippen LogP contribution in [0.5, 0.6) is 5.75 Å². The smallest absolute Gasteiger partial charge is 0.123 e. The zero-order valence-electron chi connectivity index (χ0n) is 12.9. The molecule has 112 valence electrons. The van der Waals surface area contributed by atoms with E-state index in [1.54, 1.807) is 0 Å². The Morgan fingerprint density at radius 2 is 1.95 bits per heavy atom. The molecule has 1 aromatic carbocycles. The monoisotopic (exact) mass is 339 g/mol. The van der Waals surface area contributed by atoms with Gasteiger partial charge in [-0.15, -0.1) is 0 Å². The maximum Gasteiger partial charge on any atom is 0.123 e. The van der Waals surface area contributed by atoms with Gasteiger partial charge in [0.15, 0.2) is 0 Å². The summed E-state index contributed by atoms with van der Waals surface area (Å²) < 4.78 is 7.43. The number of ether oxygens (including phenoxy) is 1. The Hall–Kier alpha value is -0.540. The van der Waals surface area contributed by atoms with Crippen molar-refractivity contribution in [1.29, 1.82) is 0 Å². The van der Waals surface area contributed by atoms with Crippen LogP contribution in [0, 0.1) is 5.92 Å². The summed E-state index contributed by atoms with van der Waals surface area (Å²) in [5.41, 5.74) is 1.27. The van der Waals surface area contributed by atoms with Gasteiger partial charge >= 0.3 is 0 Å². The SMILES string of the molecule is CC(C)c1cc(Br)ccc1OC(CNC1CC1)C(C)C. The van der Waals surface area contributed by atoms with E-state index in [-0.39, 0.29) is 6.10 Å². The summed E-state index contributed by atoms with van der Waals surface area (Å²) in [4.78, 5) is 0. The average Bonchev–Trinajstić information content (AvgIpc) is 3.19. The molecule has 0 aliphatic heterocycles. The van der Waals surface area contributed by atoms with Gasteiger partial charge in [0, 0.05) is 17.1 Å². The summed E-state index contributed by atoms with van der Waals surface area (Å²) >= 11 is 3.55. The van der Waals surface area contributed by atoms with E-state index in [0.717, 1.165) is 22.8 Å². The number of hydrogen-bond acceptors (Lipinski definition) is 2. The third kappa shape index (κ3) is 4.49. The first kappa shape index (κ1) is 15.8. The molecule has 1 aliphatic rings. The van der Waals surface area contributed by atoms with Crippen LogP contribution in [-0.4, -0.2) is 18.7 Å². The Labute approximate surface area is 131 Å². The predicted molar refractivity (Wildman–Crippen MR) is 88.5 cm³/mol. The van der Waals surface area contributed by atoms with Crippen molar-refractivity contribution in [2.24, 2.45) is 5.92 Å². The minimum atomic E-state index is 0.231. The molecule has 1 N–H and O–H groups in total. The van der Waals surface area contributed by atoms with E-state index in [2.05, 4.69) is 67.1 Å². The van der Waals surface area contributed by atoms with Crippen molar-refractivity contribution in [3.63, 3.8) is 0 Å². The van der Waals surface area contributed by atoms with Gasteiger partial charge in [0.2, 0.25) is 0 Å². The third-order valence-electron chi connectivity index (χ3n) is 3.80. The van der Waals surface area contributed by atoms with Gasteiger partial charge < -0.3 is 10.1 Å². The molecule has 20 heavy (non-hydrogen) atoms. The maximum atomic E-state index is 6.32. The van der Waals surface area contributed by atoms with Crippen molar-refractivity contribution in [2.45, 2.75) is 58.6 Å². The Balaban J connectivity index is 2.08. The number of nitrogens with one attached hydrogen (secondary N) is 1. The first-order chi connectivity index (χ1) is 9.47. The Morgan fingerprint density at radius 1 is 1.25 bits per heavy atom. The van der Waals surface area contributed by atoms with Gasteiger partial charge in [-0.2, -0.15) is 0 Å². The van der Waals surface area contributed by atoms with Gasteiger partial charge in [0.25, 0.3) is 0 Å². The molecule has 0 heterocycles. The fourth-order valence-corrected chi connectivity index (χ4v) is 2.60. The summed E-state index contributed by atoms with van der Waals surface area (Å²) in [6.45, 7) is 9.82. The van der Waals surface area contributed by atoms with Gasteiger partial charge in [-0.25, -0.2) is 0 Å². The van der Waals surface area contributed by atoms with Crippen LogP contribution in [0.4, 0.5) is 0 Å². The van der Waals surface area contributed by atoms with Gasteiger partial charge in [0.05, 0.1) is 0 Å². The molecule has 1 fully saturated rings. The molecule has 1 unspecified atom stereocenters. The van der Waals surface area contributed by atoms with Crippen LogP contribution in [0.1, 0.15) is 52.0 Å². The van der Waals surface area contributed by atoms with Crippen molar-refractivity contribution < 1.29 is 4.74 Å². The molecule has 1 aliphatic carbocycles. The Morgan fingerprint density at radius 3 is 2.50 bits per heavy atom. The van der Waals surface area contributed by atoms with Crippen LogP contribution in [0.2, 0.25) is 0 Å². The third-order valence-corrected chi connectivity index (χ3v) is 4.29. The lowest BCUT2D eigenvalue weighted by atomic mass is 10.0. The summed E-state index contributed by atoms with van der Waals surface area (Å²) in [6.07, 6.45) is 2.87. The van der Waals surface area contributed by atoms with Crippen LogP contribution in [-0.2, 0) is 0 Å². The van der Waals surface area contributed by atoms with E-state index >= 15 is 0 Å². The Kier molecular flexibility index (Phi) is 5.50. The first-order valence-corrected chi connectivity index (χ1v) is 8.46. The minimum Gasteiger partial charge on any atom is -0.489 e. The van der Waals surface area contributed by atoms with Crippen LogP contribution in [0.3, 0.4) is 0 Å². The van der Waals surface area contributed by atoms with Crippen LogP contribution in [0.15, 0.2) is 22.7 Å². The maximum absolute atomic E-state index is 6.32. The zero-order valence-corrected chi connectivity index (χ0v) is 14.5. The molecule has 3 heteroatoms. The molecule has 0 bridgehead atoms. The van der Waals surface area contributed by atoms with E-state index < -0.39 is 0 Å². The minimum absolute atomic E-state index is 0.231. The normalized spacial score (nSPS) is 16.8. The van der Waals surface area contributed by atoms with Crippen molar-refractivity contribution in [3.05, 3.63) is 28.2 Å². The molecule has 0 aromatic heterocycles. The first-order valence-electron chi connectivity index (χ1n) is 7.67. The lowest BCUT2D eigenvalue weighted by molar-refractivity contribution is 0.146. The van der Waals surface area contributed by atoms with Gasteiger partial charge in [-0.1, -0.05) is 43.6 Å². The molecule has 0 saturated heterocycles. The van der Waals surface area contributed by atoms with Crippen LogP contribution >= 0.6 is 15.9 Å². The van der Waals surface area contributed by atoms with Crippen molar-refractivity contribution in [2.75, 3.05) is 6.54 Å². The fourth-order valence-electron chi connectivity index (χ4n) is 2.22. The van der Waals surface area contributed by atoms with E-state index in [4.69, 9.17) is 4.74 Å². The fraction of sp³-hybridized carbons (Fsp3) is 0.647. The summed E-state index contributed by atoms with van der Waals surface area (Å²) in [7, 11) is 0. The zero-order chi connectivity index (χ0) is 14.7. The standard InChI is InChI=1S/C17H26BrNO/c1-11(2)15-9-13(18)5-8-16(15)20-17(12(3)4)10-19-14-6-7-14/h5,8-9,11-12,14,17,19H,6-7,10H2,1-4H3. The van der Waals surface area contributed by atoms with Crippen molar-refractivity contribution in [1.82, 2.24) is 5.32 Å². The highest BCUT2D eigenvalue weighted by atomic mass is 79.9. The number of halogens is 1. The highest BCUT2D eigenvalue weighted by Crippen LogP contribution is 2.31. The molecule has 1 aromatic rings. The van der Waals surface area contributed by atoms with Gasteiger partial charge in [0.1, 0.15) is 11.9 Å². The second-order valence-electron chi connectivity index (χ2n) is 6.42. The number of rotatable bonds is 7. The lowest BCUT2D eigenvalue weighted by Crippen LogP contribution is -2.36. The van der Waals surface area contributed by atoms with E-state index in [1.807, 2.05) is 0 Å². The Bertz CT molecular complexity index is 441. The van der Waals surface area contributed by atoms with Gasteiger partial charge in [-0.3, -0.25) is 0 Å². The predicted octanol–water partition coefficient (Wildman–Crippen LogP) is 4.73. The van der Waals surface area contributed by atoms with E-state index in [1.165, 1.54) is 18.4 Å². The molecule has 2 nitrogen and oxygen atoms in total. The molecule has 1 saturated carbocycles. The highest BCUT2D eigenvalue weighted by molar-refractivity contribution is 9.10. The van der Waals surface area contributed by atoms with Crippen LogP contribution < -0.4 is 10.1 Å². The van der Waals surface area contributed by atoms with E-state index in [9.17, 15) is 0 Å².